The van der Waals surface area contributed by atoms with Gasteiger partial charge in [-0.1, -0.05) is 26.2 Å². The van der Waals surface area contributed by atoms with Gasteiger partial charge < -0.3 is 15.3 Å². The summed E-state index contributed by atoms with van der Waals surface area (Å²) in [6, 6.07) is 0.675. The number of aliphatic hydroxyl groups excluding tert-OH is 1. The molecule has 1 saturated heterocycles. The van der Waals surface area contributed by atoms with Crippen LogP contribution in [-0.2, 0) is 0 Å². The lowest BCUT2D eigenvalue weighted by molar-refractivity contribution is 0.131. The van der Waals surface area contributed by atoms with Crippen LogP contribution < -0.4 is 5.32 Å². The Bertz CT molecular complexity index is 253. The normalized spacial score (nSPS) is 29.7. The van der Waals surface area contributed by atoms with Crippen molar-refractivity contribution in [2.45, 2.75) is 64.3 Å². The molecule has 2 aliphatic rings. The molecule has 2 N–H and O–H groups in total. The largest absolute Gasteiger partial charge is 0.396 e. The van der Waals surface area contributed by atoms with E-state index in [4.69, 9.17) is 5.11 Å². The molecule has 2 fully saturated rings. The van der Waals surface area contributed by atoms with Gasteiger partial charge in [0.1, 0.15) is 0 Å². The van der Waals surface area contributed by atoms with Crippen LogP contribution >= 0.6 is 0 Å². The molecule has 2 rings (SSSR count). The van der Waals surface area contributed by atoms with Crippen molar-refractivity contribution in [3.8, 4) is 0 Å². The second kappa shape index (κ2) is 9.01. The third kappa shape index (κ3) is 5.34. The zero-order valence-corrected chi connectivity index (χ0v) is 13.3. The van der Waals surface area contributed by atoms with E-state index < -0.39 is 0 Å². The van der Waals surface area contributed by atoms with Gasteiger partial charge in [0.05, 0.1) is 0 Å². The summed E-state index contributed by atoms with van der Waals surface area (Å²) in [7, 11) is 0. The first-order valence-electron chi connectivity index (χ1n) is 8.88. The summed E-state index contributed by atoms with van der Waals surface area (Å²) in [6.07, 6.45) is 10.7. The Morgan fingerprint density at radius 2 is 1.90 bits per heavy atom. The molecule has 2 atom stereocenters. The second-order valence-corrected chi connectivity index (χ2v) is 6.93. The number of aliphatic hydroxyl groups is 1. The second-order valence-electron chi connectivity index (χ2n) is 6.93. The van der Waals surface area contributed by atoms with Gasteiger partial charge in [-0.3, -0.25) is 0 Å². The monoisotopic (exact) mass is 282 g/mol. The van der Waals surface area contributed by atoms with Crippen molar-refractivity contribution in [3.05, 3.63) is 0 Å². The lowest BCUT2D eigenvalue weighted by Gasteiger charge is -2.38. The molecule has 1 aliphatic heterocycles. The first kappa shape index (κ1) is 16.3. The summed E-state index contributed by atoms with van der Waals surface area (Å²) in [5, 5.41) is 12.9. The lowest BCUT2D eigenvalue weighted by Crippen LogP contribution is -2.50. The molecular formula is C17H34N2O. The third-order valence-corrected chi connectivity index (χ3v) is 5.25. The molecule has 0 aromatic rings. The first-order chi connectivity index (χ1) is 9.81. The minimum absolute atomic E-state index is 0.350. The standard InChI is InChI=1S/C17H34N2O/c1-2-19-13-16(9-6-10-20)11-17(14-19)18-12-15-7-4-3-5-8-15/h15-18,20H,2-14H2,1H3. The molecule has 0 aromatic carbocycles. The van der Waals surface area contributed by atoms with Crippen LogP contribution in [0.3, 0.4) is 0 Å². The van der Waals surface area contributed by atoms with Crippen LogP contribution in [0.25, 0.3) is 0 Å². The minimum Gasteiger partial charge on any atom is -0.396 e. The highest BCUT2D eigenvalue weighted by Gasteiger charge is 2.26. The molecular weight excluding hydrogens is 248 g/mol. The van der Waals surface area contributed by atoms with E-state index >= 15 is 0 Å². The number of piperidine rings is 1. The van der Waals surface area contributed by atoms with Crippen molar-refractivity contribution in [1.82, 2.24) is 10.2 Å². The van der Waals surface area contributed by atoms with E-state index in [1.165, 1.54) is 64.6 Å². The van der Waals surface area contributed by atoms with Crippen molar-refractivity contribution in [2.75, 3.05) is 32.8 Å². The Balaban J connectivity index is 1.73. The maximum absolute atomic E-state index is 9.03. The first-order valence-corrected chi connectivity index (χ1v) is 8.88. The van der Waals surface area contributed by atoms with Crippen LogP contribution in [0.1, 0.15) is 58.3 Å². The molecule has 20 heavy (non-hydrogen) atoms. The van der Waals surface area contributed by atoms with Crippen molar-refractivity contribution in [3.63, 3.8) is 0 Å². The van der Waals surface area contributed by atoms with Crippen molar-refractivity contribution < 1.29 is 5.11 Å². The predicted molar refractivity (Wildman–Crippen MR) is 84.9 cm³/mol. The Hall–Kier alpha value is -0.120. The van der Waals surface area contributed by atoms with E-state index in [2.05, 4.69) is 17.1 Å². The van der Waals surface area contributed by atoms with Crippen molar-refractivity contribution in [1.29, 1.82) is 0 Å². The highest BCUT2D eigenvalue weighted by molar-refractivity contribution is 4.84. The maximum Gasteiger partial charge on any atom is 0.0431 e. The fourth-order valence-electron chi connectivity index (χ4n) is 4.02. The van der Waals surface area contributed by atoms with Crippen LogP contribution in [0, 0.1) is 11.8 Å². The van der Waals surface area contributed by atoms with E-state index in [1.807, 2.05) is 0 Å². The van der Waals surface area contributed by atoms with Gasteiger partial charge in [0.2, 0.25) is 0 Å². The van der Waals surface area contributed by atoms with Gasteiger partial charge in [-0.15, -0.1) is 0 Å². The predicted octanol–water partition coefficient (Wildman–Crippen LogP) is 2.64. The van der Waals surface area contributed by atoms with E-state index in [0.717, 1.165) is 24.8 Å². The molecule has 1 aliphatic carbocycles. The minimum atomic E-state index is 0.350. The Morgan fingerprint density at radius 1 is 1.10 bits per heavy atom. The molecule has 0 bridgehead atoms. The Morgan fingerprint density at radius 3 is 2.60 bits per heavy atom. The lowest BCUT2D eigenvalue weighted by atomic mass is 9.87. The zero-order valence-electron chi connectivity index (χ0n) is 13.3. The van der Waals surface area contributed by atoms with Crippen molar-refractivity contribution in [2.24, 2.45) is 11.8 Å². The summed E-state index contributed by atoms with van der Waals surface area (Å²) < 4.78 is 0. The average molecular weight is 282 g/mol. The zero-order chi connectivity index (χ0) is 14.2. The van der Waals surface area contributed by atoms with Gasteiger partial charge in [-0.2, -0.15) is 0 Å². The number of hydrogen-bond donors (Lipinski definition) is 2. The number of rotatable bonds is 7. The number of nitrogens with one attached hydrogen (secondary N) is 1. The molecule has 3 nitrogen and oxygen atoms in total. The summed E-state index contributed by atoms with van der Waals surface area (Å²) in [5.41, 5.74) is 0. The topological polar surface area (TPSA) is 35.5 Å². The Labute approximate surface area is 125 Å². The molecule has 1 saturated carbocycles. The average Bonchev–Trinajstić information content (AvgIpc) is 2.51. The van der Waals surface area contributed by atoms with Gasteiger partial charge in [-0.05, 0) is 57.0 Å². The highest BCUT2D eigenvalue weighted by Crippen LogP contribution is 2.25. The smallest absolute Gasteiger partial charge is 0.0431 e. The van der Waals surface area contributed by atoms with E-state index in [-0.39, 0.29) is 0 Å². The van der Waals surface area contributed by atoms with Crippen LogP contribution in [0.4, 0.5) is 0 Å². The molecule has 0 aromatic heterocycles. The van der Waals surface area contributed by atoms with Gasteiger partial charge in [-0.25, -0.2) is 0 Å². The van der Waals surface area contributed by atoms with Crippen LogP contribution in [0.15, 0.2) is 0 Å². The summed E-state index contributed by atoms with van der Waals surface area (Å²) in [4.78, 5) is 2.59. The fraction of sp³-hybridized carbons (Fsp3) is 1.00. The third-order valence-electron chi connectivity index (χ3n) is 5.25. The highest BCUT2D eigenvalue weighted by atomic mass is 16.2. The fourth-order valence-corrected chi connectivity index (χ4v) is 4.02. The van der Waals surface area contributed by atoms with Crippen molar-refractivity contribution >= 4 is 0 Å². The van der Waals surface area contributed by atoms with Gasteiger partial charge in [0.25, 0.3) is 0 Å². The van der Waals surface area contributed by atoms with Crippen LogP contribution in [0.5, 0.6) is 0 Å². The van der Waals surface area contributed by atoms with E-state index in [0.29, 0.717) is 12.6 Å². The molecule has 0 radical (unpaired) electrons. The molecule has 0 amide bonds. The maximum atomic E-state index is 9.03. The number of likely N-dealkylation sites (tertiary alicyclic amines) is 1. The van der Waals surface area contributed by atoms with Gasteiger partial charge >= 0.3 is 0 Å². The molecule has 1 heterocycles. The van der Waals surface area contributed by atoms with Gasteiger partial charge in [0, 0.05) is 25.7 Å². The molecule has 118 valence electrons. The number of nitrogens with zero attached hydrogens (tertiary/aromatic N) is 1. The molecule has 2 unspecified atom stereocenters. The SMILES string of the molecule is CCN1CC(CCCO)CC(NCC2CCCCC2)C1. The number of hydrogen-bond acceptors (Lipinski definition) is 3. The summed E-state index contributed by atoms with van der Waals surface area (Å²) >= 11 is 0. The van der Waals surface area contributed by atoms with Crippen LogP contribution in [-0.4, -0.2) is 48.8 Å². The van der Waals surface area contributed by atoms with Crippen LogP contribution in [0.2, 0.25) is 0 Å². The molecule has 3 heteroatoms. The van der Waals surface area contributed by atoms with Gasteiger partial charge in [0.15, 0.2) is 0 Å². The Kier molecular flexibility index (Phi) is 7.32. The van der Waals surface area contributed by atoms with E-state index in [9.17, 15) is 0 Å². The summed E-state index contributed by atoms with van der Waals surface area (Å²) in [6.45, 7) is 7.47. The number of likely N-dealkylation sites (N-methyl/N-ethyl adjacent to an activating group) is 1. The van der Waals surface area contributed by atoms with E-state index in [1.54, 1.807) is 0 Å². The summed E-state index contributed by atoms with van der Waals surface area (Å²) in [5.74, 6) is 1.70. The molecule has 0 spiro atoms. The quantitative estimate of drug-likeness (QED) is 0.753.